The van der Waals surface area contributed by atoms with Gasteiger partial charge < -0.3 is 23.5 Å². The average molecular weight is 666 g/mol. The number of benzene rings is 4. The van der Waals surface area contributed by atoms with Crippen LogP contribution >= 0.6 is 11.9 Å². The molecule has 1 saturated heterocycles. The fourth-order valence-electron chi connectivity index (χ4n) is 5.45. The molecule has 0 atom stereocenters. The number of methoxy groups -OCH3 is 3. The van der Waals surface area contributed by atoms with Crippen molar-refractivity contribution in [2.24, 2.45) is 5.41 Å². The Balaban J connectivity index is 1.39. The largest absolute Gasteiger partial charge is 0.497 e. The van der Waals surface area contributed by atoms with Crippen LogP contribution in [0.3, 0.4) is 0 Å². The highest BCUT2D eigenvalue weighted by atomic mass is 32.2. The van der Waals surface area contributed by atoms with E-state index < -0.39 is 7.12 Å². The molecule has 1 aliphatic rings. The van der Waals surface area contributed by atoms with Gasteiger partial charge in [-0.05, 0) is 87.0 Å². The molecule has 0 aliphatic carbocycles. The van der Waals surface area contributed by atoms with Crippen molar-refractivity contribution in [2.75, 3.05) is 34.5 Å². The van der Waals surface area contributed by atoms with Gasteiger partial charge in [-0.15, -0.1) is 5.10 Å². The molecule has 1 aromatic heterocycles. The van der Waals surface area contributed by atoms with Crippen molar-refractivity contribution in [2.45, 2.75) is 38.4 Å². The van der Waals surface area contributed by atoms with Crippen molar-refractivity contribution in [3.63, 3.8) is 0 Å². The number of rotatable bonds is 13. The van der Waals surface area contributed by atoms with E-state index >= 15 is 0 Å². The Morgan fingerprint density at radius 2 is 1.27 bits per heavy atom. The van der Waals surface area contributed by atoms with E-state index in [1.54, 1.807) is 33.3 Å². The number of tetrazole rings is 1. The quantitative estimate of drug-likeness (QED) is 0.112. The zero-order valence-electron chi connectivity index (χ0n) is 28.0. The first-order chi connectivity index (χ1) is 23.3. The van der Waals surface area contributed by atoms with Gasteiger partial charge in [0.25, 0.3) is 0 Å². The van der Waals surface area contributed by atoms with Crippen LogP contribution in [0.2, 0.25) is 0 Å². The van der Waals surface area contributed by atoms with Gasteiger partial charge in [-0.1, -0.05) is 62.4 Å². The van der Waals surface area contributed by atoms with Gasteiger partial charge in [0.05, 0.1) is 27.9 Å². The lowest BCUT2D eigenvalue weighted by molar-refractivity contribution is 0.0343. The molecule has 0 N–H and O–H groups in total. The lowest BCUT2D eigenvalue weighted by Crippen LogP contribution is -2.48. The molecule has 1 aliphatic heterocycles. The van der Waals surface area contributed by atoms with E-state index in [-0.39, 0.29) is 5.41 Å². The fraction of sp³-hybridized carbons (Fsp3) is 0.306. The zero-order valence-corrected chi connectivity index (χ0v) is 28.8. The summed E-state index contributed by atoms with van der Waals surface area (Å²) in [6.45, 7) is 7.26. The minimum atomic E-state index is -0.559. The standard InChI is InChI=1S/C36H40BN5O5S/c1-36(2)24-46-37(47-25-36)32-7-6-8-33(34(32)35-38-39-40-42(35)23-28-13-19-31(45-5)20-14-28)48-41(21-26-9-15-29(43-3)16-10-26)22-27-11-17-30(44-4)18-12-27/h6-20H,21-25H2,1-5H3. The van der Waals surface area contributed by atoms with Crippen LogP contribution < -0.4 is 19.7 Å². The van der Waals surface area contributed by atoms with Crippen LogP contribution in [0, 0.1) is 5.41 Å². The Hall–Kier alpha value is -4.36. The molecule has 1 fully saturated rings. The van der Waals surface area contributed by atoms with E-state index in [1.807, 2.05) is 65.3 Å². The maximum atomic E-state index is 6.34. The normalized spacial score (nSPS) is 14.2. The summed E-state index contributed by atoms with van der Waals surface area (Å²) in [7, 11) is 4.46. The van der Waals surface area contributed by atoms with Gasteiger partial charge in [0.1, 0.15) is 17.2 Å². The van der Waals surface area contributed by atoms with Crippen LogP contribution in [-0.2, 0) is 28.9 Å². The fourth-order valence-corrected chi connectivity index (χ4v) is 6.60. The number of hydrogen-bond acceptors (Lipinski definition) is 10. The van der Waals surface area contributed by atoms with Crippen LogP contribution in [0.1, 0.15) is 30.5 Å². The highest BCUT2D eigenvalue weighted by molar-refractivity contribution is 7.97. The third-order valence-electron chi connectivity index (χ3n) is 8.07. The summed E-state index contributed by atoms with van der Waals surface area (Å²) in [5.74, 6) is 3.07. The molecule has 48 heavy (non-hydrogen) atoms. The van der Waals surface area contributed by atoms with Gasteiger partial charge in [0, 0.05) is 42.2 Å². The monoisotopic (exact) mass is 665 g/mol. The van der Waals surface area contributed by atoms with Crippen LogP contribution in [0.4, 0.5) is 0 Å². The highest BCUT2D eigenvalue weighted by Gasteiger charge is 2.37. The Morgan fingerprint density at radius 1 is 0.750 bits per heavy atom. The summed E-state index contributed by atoms with van der Waals surface area (Å²) in [6, 6.07) is 30.5. The third-order valence-corrected chi connectivity index (χ3v) is 9.13. The summed E-state index contributed by atoms with van der Waals surface area (Å²) in [6.07, 6.45) is 0. The highest BCUT2D eigenvalue weighted by Crippen LogP contribution is 2.35. The van der Waals surface area contributed by atoms with E-state index in [1.165, 1.54) is 0 Å². The Bertz CT molecular complexity index is 1730. The second-order valence-corrected chi connectivity index (χ2v) is 13.6. The maximum absolute atomic E-state index is 6.34. The predicted octanol–water partition coefficient (Wildman–Crippen LogP) is 5.89. The number of hydrogen-bond donors (Lipinski definition) is 0. The van der Waals surface area contributed by atoms with Crippen molar-refractivity contribution in [1.82, 2.24) is 24.5 Å². The van der Waals surface area contributed by atoms with E-state index in [0.29, 0.717) is 38.7 Å². The Labute approximate surface area is 286 Å². The third kappa shape index (κ3) is 8.19. The number of ether oxygens (including phenoxy) is 3. The SMILES string of the molecule is COc1ccc(CN(Cc2ccc(OC)cc2)Sc2cccc(B3OCC(C)(C)CO3)c2-c2nnnn2Cc2ccc(OC)cc2)cc1. The van der Waals surface area contributed by atoms with Crippen molar-refractivity contribution in [3.8, 4) is 28.6 Å². The first-order valence-electron chi connectivity index (χ1n) is 15.8. The Morgan fingerprint density at radius 3 is 1.79 bits per heavy atom. The minimum Gasteiger partial charge on any atom is -0.497 e. The first-order valence-corrected chi connectivity index (χ1v) is 16.6. The van der Waals surface area contributed by atoms with Crippen molar-refractivity contribution in [3.05, 3.63) is 108 Å². The topological polar surface area (TPSA) is 93.0 Å². The lowest BCUT2D eigenvalue weighted by Gasteiger charge is -2.34. The zero-order chi connectivity index (χ0) is 33.5. The van der Waals surface area contributed by atoms with E-state index in [0.717, 1.165) is 49.9 Å². The smallest absolute Gasteiger partial charge is 0.494 e. The molecular weight excluding hydrogens is 625 g/mol. The van der Waals surface area contributed by atoms with Gasteiger partial charge in [-0.2, -0.15) is 0 Å². The minimum absolute atomic E-state index is 0.0769. The molecule has 12 heteroatoms. The molecule has 248 valence electrons. The molecule has 0 bridgehead atoms. The van der Waals surface area contributed by atoms with Crippen molar-refractivity contribution >= 4 is 24.5 Å². The molecular formula is C36H40BN5O5S. The first kappa shape index (κ1) is 33.5. The lowest BCUT2D eigenvalue weighted by atomic mass is 9.73. The van der Waals surface area contributed by atoms with Crippen LogP contribution in [0.5, 0.6) is 17.2 Å². The second kappa shape index (κ2) is 15.2. The average Bonchev–Trinajstić information content (AvgIpc) is 3.56. The van der Waals surface area contributed by atoms with Crippen LogP contribution in [0.25, 0.3) is 11.4 Å². The summed E-state index contributed by atoms with van der Waals surface area (Å²) < 4.78 is 33.0. The van der Waals surface area contributed by atoms with Crippen molar-refractivity contribution < 1.29 is 23.5 Å². The molecule has 0 amide bonds. The van der Waals surface area contributed by atoms with E-state index in [2.05, 4.69) is 64.0 Å². The van der Waals surface area contributed by atoms with E-state index in [4.69, 9.17) is 23.5 Å². The summed E-state index contributed by atoms with van der Waals surface area (Å²) in [5.41, 5.74) is 5.03. The van der Waals surface area contributed by atoms with Crippen LogP contribution in [-0.4, -0.2) is 66.2 Å². The molecule has 10 nitrogen and oxygen atoms in total. The van der Waals surface area contributed by atoms with E-state index in [9.17, 15) is 0 Å². The molecule has 5 aromatic rings. The molecule has 0 saturated carbocycles. The van der Waals surface area contributed by atoms with Gasteiger partial charge in [0.2, 0.25) is 0 Å². The van der Waals surface area contributed by atoms with Gasteiger partial charge >= 0.3 is 7.12 Å². The Kier molecular flexibility index (Phi) is 10.7. The molecule has 0 radical (unpaired) electrons. The second-order valence-electron chi connectivity index (χ2n) is 12.4. The van der Waals surface area contributed by atoms with Crippen molar-refractivity contribution in [1.29, 1.82) is 0 Å². The molecule has 0 spiro atoms. The summed E-state index contributed by atoms with van der Waals surface area (Å²) >= 11 is 1.66. The van der Waals surface area contributed by atoms with Gasteiger partial charge in [-0.3, -0.25) is 0 Å². The summed E-state index contributed by atoms with van der Waals surface area (Å²) in [4.78, 5) is 0.984. The summed E-state index contributed by atoms with van der Waals surface area (Å²) in [5, 5.41) is 13.1. The van der Waals surface area contributed by atoms with Crippen LogP contribution in [0.15, 0.2) is 95.9 Å². The molecule has 2 heterocycles. The van der Waals surface area contributed by atoms with Gasteiger partial charge in [-0.25, -0.2) is 8.99 Å². The van der Waals surface area contributed by atoms with Gasteiger partial charge in [0.15, 0.2) is 5.82 Å². The number of aromatic nitrogens is 4. The molecule has 6 rings (SSSR count). The molecule has 0 unspecified atom stereocenters. The molecule has 4 aromatic carbocycles. The maximum Gasteiger partial charge on any atom is 0.494 e. The number of nitrogens with zero attached hydrogens (tertiary/aromatic N) is 5. The predicted molar refractivity (Wildman–Crippen MR) is 188 cm³/mol.